The highest BCUT2D eigenvalue weighted by Gasteiger charge is 2.18. The van der Waals surface area contributed by atoms with E-state index in [-0.39, 0.29) is 30.1 Å². The van der Waals surface area contributed by atoms with Crippen LogP contribution in [-0.4, -0.2) is 24.3 Å². The van der Waals surface area contributed by atoms with Crippen molar-refractivity contribution in [2.75, 3.05) is 13.2 Å². The number of esters is 1. The molecule has 2 aromatic carbocycles. The summed E-state index contributed by atoms with van der Waals surface area (Å²) in [5.74, 6) is -1.60. The van der Waals surface area contributed by atoms with Gasteiger partial charge in [0.15, 0.2) is 12.2 Å². The second-order valence-electron chi connectivity index (χ2n) is 4.88. The van der Waals surface area contributed by atoms with Gasteiger partial charge in [-0.05, 0) is 31.2 Å². The van der Waals surface area contributed by atoms with Gasteiger partial charge in [0.1, 0.15) is 23.1 Å². The topological polar surface area (TPSA) is 61.6 Å². The molecule has 124 valence electrons. The Balaban J connectivity index is 1.90. The third-order valence-electron chi connectivity index (χ3n) is 3.31. The molecule has 3 rings (SSSR count). The number of halogens is 2. The van der Waals surface area contributed by atoms with Gasteiger partial charge < -0.3 is 14.0 Å². The molecule has 0 unspecified atom stereocenters. The van der Waals surface area contributed by atoms with Crippen molar-refractivity contribution >= 4 is 16.9 Å². The van der Waals surface area contributed by atoms with Gasteiger partial charge in [0, 0.05) is 6.07 Å². The number of hydrogen-bond donors (Lipinski definition) is 0. The zero-order valence-electron chi connectivity index (χ0n) is 12.7. The fourth-order valence-electron chi connectivity index (χ4n) is 2.26. The van der Waals surface area contributed by atoms with Gasteiger partial charge in [-0.3, -0.25) is 0 Å². The van der Waals surface area contributed by atoms with Crippen LogP contribution < -0.4 is 4.74 Å². The van der Waals surface area contributed by atoms with E-state index in [0.717, 1.165) is 12.1 Å². The van der Waals surface area contributed by atoms with Gasteiger partial charge in [0.25, 0.3) is 0 Å². The number of carbonyl (C=O) groups excluding carboxylic acids is 1. The minimum absolute atomic E-state index is 0.0672. The van der Waals surface area contributed by atoms with E-state index in [1.807, 2.05) is 0 Å². The number of benzene rings is 2. The highest BCUT2D eigenvalue weighted by molar-refractivity contribution is 5.92. The largest absolute Gasteiger partial charge is 0.482 e. The molecule has 0 aliphatic rings. The zero-order chi connectivity index (χ0) is 17.1. The Morgan fingerprint density at radius 1 is 1.21 bits per heavy atom. The molecule has 1 heterocycles. The summed E-state index contributed by atoms with van der Waals surface area (Å²) < 4.78 is 43.0. The van der Waals surface area contributed by atoms with Crippen molar-refractivity contribution < 1.29 is 27.6 Å². The normalized spacial score (nSPS) is 10.8. The SMILES string of the molecule is CCOC(=O)COc1ccc2c(-c3c(F)cccc3F)noc2c1. The smallest absolute Gasteiger partial charge is 0.344 e. The molecule has 0 aliphatic heterocycles. The minimum atomic E-state index is -0.729. The first-order valence-corrected chi connectivity index (χ1v) is 7.22. The molecule has 0 amide bonds. The highest BCUT2D eigenvalue weighted by atomic mass is 19.1. The van der Waals surface area contributed by atoms with Crippen molar-refractivity contribution in [1.82, 2.24) is 5.16 Å². The van der Waals surface area contributed by atoms with Crippen LogP contribution in [-0.2, 0) is 9.53 Å². The summed E-state index contributed by atoms with van der Waals surface area (Å²) in [6.07, 6.45) is 0. The number of nitrogens with zero attached hydrogens (tertiary/aromatic N) is 1. The lowest BCUT2D eigenvalue weighted by molar-refractivity contribution is -0.145. The lowest BCUT2D eigenvalue weighted by Gasteiger charge is -2.05. The molecule has 0 bridgehead atoms. The molecule has 0 fully saturated rings. The molecular formula is C17H13F2NO4. The number of aromatic nitrogens is 1. The van der Waals surface area contributed by atoms with E-state index < -0.39 is 17.6 Å². The van der Waals surface area contributed by atoms with E-state index in [0.29, 0.717) is 11.1 Å². The van der Waals surface area contributed by atoms with Crippen molar-refractivity contribution in [2.45, 2.75) is 6.92 Å². The van der Waals surface area contributed by atoms with Crippen LogP contribution in [0.2, 0.25) is 0 Å². The Kier molecular flexibility index (Phi) is 4.41. The Labute approximate surface area is 135 Å². The summed E-state index contributed by atoms with van der Waals surface area (Å²) in [5, 5.41) is 4.18. The second kappa shape index (κ2) is 6.66. The lowest BCUT2D eigenvalue weighted by Crippen LogP contribution is -2.14. The first kappa shape index (κ1) is 15.9. The number of rotatable bonds is 5. The van der Waals surface area contributed by atoms with E-state index in [1.54, 1.807) is 19.1 Å². The number of fused-ring (bicyclic) bond motifs is 1. The maximum absolute atomic E-state index is 13.9. The Morgan fingerprint density at radius 2 is 1.96 bits per heavy atom. The van der Waals surface area contributed by atoms with Crippen molar-refractivity contribution in [3.63, 3.8) is 0 Å². The summed E-state index contributed by atoms with van der Waals surface area (Å²) in [7, 11) is 0. The molecular weight excluding hydrogens is 320 g/mol. The average Bonchev–Trinajstić information content (AvgIpc) is 2.96. The molecule has 0 aliphatic carbocycles. The summed E-state index contributed by atoms with van der Waals surface area (Å²) in [4.78, 5) is 11.3. The van der Waals surface area contributed by atoms with Gasteiger partial charge in [-0.1, -0.05) is 11.2 Å². The fourth-order valence-corrected chi connectivity index (χ4v) is 2.26. The van der Waals surface area contributed by atoms with Crippen LogP contribution in [0.1, 0.15) is 6.92 Å². The molecule has 1 aromatic heterocycles. The maximum atomic E-state index is 13.9. The van der Waals surface area contributed by atoms with Crippen LogP contribution in [0.5, 0.6) is 5.75 Å². The van der Waals surface area contributed by atoms with Crippen LogP contribution in [0.25, 0.3) is 22.2 Å². The Morgan fingerprint density at radius 3 is 2.67 bits per heavy atom. The Bertz CT molecular complexity index is 871. The van der Waals surface area contributed by atoms with Gasteiger partial charge in [-0.25, -0.2) is 13.6 Å². The minimum Gasteiger partial charge on any atom is -0.482 e. The molecule has 24 heavy (non-hydrogen) atoms. The van der Waals surface area contributed by atoms with E-state index in [9.17, 15) is 13.6 Å². The molecule has 3 aromatic rings. The molecule has 0 saturated heterocycles. The molecule has 7 heteroatoms. The van der Waals surface area contributed by atoms with Crippen LogP contribution in [0.15, 0.2) is 40.9 Å². The van der Waals surface area contributed by atoms with Gasteiger partial charge >= 0.3 is 5.97 Å². The number of ether oxygens (including phenoxy) is 2. The Hall–Kier alpha value is -2.96. The van der Waals surface area contributed by atoms with Crippen LogP contribution in [0, 0.1) is 11.6 Å². The molecule has 0 N–H and O–H groups in total. The average molecular weight is 333 g/mol. The molecule has 0 radical (unpaired) electrons. The molecule has 0 atom stereocenters. The maximum Gasteiger partial charge on any atom is 0.344 e. The van der Waals surface area contributed by atoms with Crippen LogP contribution in [0.4, 0.5) is 8.78 Å². The predicted molar refractivity (Wildman–Crippen MR) is 81.5 cm³/mol. The first-order valence-electron chi connectivity index (χ1n) is 7.22. The van der Waals surface area contributed by atoms with Gasteiger partial charge in [0.2, 0.25) is 0 Å². The summed E-state index contributed by atoms with van der Waals surface area (Å²) in [6, 6.07) is 8.18. The lowest BCUT2D eigenvalue weighted by atomic mass is 10.1. The number of carbonyl (C=O) groups is 1. The van der Waals surface area contributed by atoms with Crippen LogP contribution in [0.3, 0.4) is 0 Å². The van der Waals surface area contributed by atoms with E-state index >= 15 is 0 Å². The standard InChI is InChI=1S/C17H13F2NO4/c1-2-22-15(21)9-23-10-6-7-11-14(8-10)24-20-17(11)16-12(18)4-3-5-13(16)19/h3-8H,2,9H2,1H3. The van der Waals surface area contributed by atoms with Crippen molar-refractivity contribution in [3.05, 3.63) is 48.0 Å². The van der Waals surface area contributed by atoms with Crippen molar-refractivity contribution in [1.29, 1.82) is 0 Å². The van der Waals surface area contributed by atoms with Crippen molar-refractivity contribution in [2.24, 2.45) is 0 Å². The quantitative estimate of drug-likeness (QED) is 0.666. The third kappa shape index (κ3) is 3.05. The zero-order valence-corrected chi connectivity index (χ0v) is 12.7. The third-order valence-corrected chi connectivity index (χ3v) is 3.31. The fraction of sp³-hybridized carbons (Fsp3) is 0.176. The second-order valence-corrected chi connectivity index (χ2v) is 4.88. The van der Waals surface area contributed by atoms with Crippen LogP contribution >= 0.6 is 0 Å². The van der Waals surface area contributed by atoms with E-state index in [4.69, 9.17) is 14.0 Å². The predicted octanol–water partition coefficient (Wildman–Crippen LogP) is 3.71. The van der Waals surface area contributed by atoms with E-state index in [2.05, 4.69) is 5.16 Å². The summed E-state index contributed by atoms with van der Waals surface area (Å²) >= 11 is 0. The van der Waals surface area contributed by atoms with Gasteiger partial charge in [-0.2, -0.15) is 0 Å². The molecule has 0 spiro atoms. The van der Waals surface area contributed by atoms with E-state index in [1.165, 1.54) is 12.1 Å². The highest BCUT2D eigenvalue weighted by Crippen LogP contribution is 2.33. The first-order chi connectivity index (χ1) is 11.6. The molecule has 5 nitrogen and oxygen atoms in total. The summed E-state index contributed by atoms with van der Waals surface area (Å²) in [6.45, 7) is 1.71. The molecule has 0 saturated carbocycles. The monoisotopic (exact) mass is 333 g/mol. The van der Waals surface area contributed by atoms with Gasteiger partial charge in [0.05, 0.1) is 17.6 Å². The van der Waals surface area contributed by atoms with Crippen molar-refractivity contribution in [3.8, 4) is 17.0 Å². The summed E-state index contributed by atoms with van der Waals surface area (Å²) in [5.41, 5.74) is 0.1000. The number of hydrogen-bond acceptors (Lipinski definition) is 5. The van der Waals surface area contributed by atoms with Gasteiger partial charge in [-0.15, -0.1) is 0 Å².